The first-order chi connectivity index (χ1) is 8.58. The van der Waals surface area contributed by atoms with E-state index in [-0.39, 0.29) is 5.75 Å². The summed E-state index contributed by atoms with van der Waals surface area (Å²) in [6.45, 7) is 1.60. The summed E-state index contributed by atoms with van der Waals surface area (Å²) in [5.41, 5.74) is 0.585. The number of hydrogen-bond donors (Lipinski definition) is 1. The molecule has 0 saturated heterocycles. The Balaban J connectivity index is 2.31. The number of rotatable bonds is 3. The lowest BCUT2D eigenvalue weighted by Crippen LogP contribution is -1.96. The Kier molecular flexibility index (Phi) is 3.58. The first kappa shape index (κ1) is 12.5. The van der Waals surface area contributed by atoms with Crippen LogP contribution in [0.5, 0.6) is 11.5 Å². The maximum Gasteiger partial charge on any atom is 0.162 e. The molecular weight excluding hydrogens is 238 g/mol. The van der Waals surface area contributed by atoms with Gasteiger partial charge in [-0.15, -0.1) is 0 Å². The molecule has 2 rings (SSSR count). The van der Waals surface area contributed by atoms with E-state index in [9.17, 15) is 13.9 Å². The van der Waals surface area contributed by atoms with Gasteiger partial charge in [0, 0.05) is 11.6 Å². The summed E-state index contributed by atoms with van der Waals surface area (Å²) < 4.78 is 31.3. The summed E-state index contributed by atoms with van der Waals surface area (Å²) in [7, 11) is 0. The number of aliphatic hydroxyl groups is 1. The van der Waals surface area contributed by atoms with E-state index in [0.717, 1.165) is 12.1 Å². The van der Waals surface area contributed by atoms with Crippen molar-refractivity contribution in [1.82, 2.24) is 0 Å². The van der Waals surface area contributed by atoms with E-state index in [1.807, 2.05) is 0 Å². The Bertz CT molecular complexity index is 553. The molecule has 2 aromatic rings. The lowest BCUT2D eigenvalue weighted by molar-refractivity contribution is 0.195. The minimum atomic E-state index is -0.970. The molecule has 1 N–H and O–H groups in total. The number of benzene rings is 2. The zero-order valence-electron chi connectivity index (χ0n) is 9.73. The zero-order valence-corrected chi connectivity index (χ0v) is 9.73. The molecule has 0 aliphatic carbocycles. The first-order valence-corrected chi connectivity index (χ1v) is 5.48. The van der Waals surface area contributed by atoms with Crippen LogP contribution in [0.1, 0.15) is 18.6 Å². The monoisotopic (exact) mass is 250 g/mol. The van der Waals surface area contributed by atoms with E-state index in [4.69, 9.17) is 4.74 Å². The van der Waals surface area contributed by atoms with Gasteiger partial charge in [0.2, 0.25) is 0 Å². The molecule has 0 unspecified atom stereocenters. The third-order valence-electron chi connectivity index (χ3n) is 2.49. The number of hydrogen-bond acceptors (Lipinski definition) is 2. The van der Waals surface area contributed by atoms with Gasteiger partial charge in [0.05, 0.1) is 6.10 Å². The highest BCUT2D eigenvalue weighted by atomic mass is 19.2. The Labute approximate surface area is 103 Å². The molecule has 2 aromatic carbocycles. The second-order valence-electron chi connectivity index (χ2n) is 3.89. The lowest BCUT2D eigenvalue weighted by Gasteiger charge is -2.12. The summed E-state index contributed by atoms with van der Waals surface area (Å²) in [5.74, 6) is -1.30. The molecule has 0 bridgehead atoms. The Hall–Kier alpha value is -1.94. The number of para-hydroxylation sites is 1. The lowest BCUT2D eigenvalue weighted by atomic mass is 10.1. The topological polar surface area (TPSA) is 29.5 Å². The average Bonchev–Trinajstić information content (AvgIpc) is 2.34. The van der Waals surface area contributed by atoms with E-state index in [1.54, 1.807) is 31.2 Å². The molecule has 0 aliphatic rings. The van der Waals surface area contributed by atoms with Gasteiger partial charge < -0.3 is 9.84 Å². The van der Waals surface area contributed by atoms with E-state index in [2.05, 4.69) is 0 Å². The van der Waals surface area contributed by atoms with E-state index in [0.29, 0.717) is 11.3 Å². The van der Waals surface area contributed by atoms with Gasteiger partial charge in [-0.2, -0.15) is 0 Å². The highest BCUT2D eigenvalue weighted by Crippen LogP contribution is 2.29. The quantitative estimate of drug-likeness (QED) is 0.897. The van der Waals surface area contributed by atoms with E-state index >= 15 is 0 Å². The second-order valence-corrected chi connectivity index (χ2v) is 3.89. The molecule has 4 heteroatoms. The third-order valence-corrected chi connectivity index (χ3v) is 2.49. The molecule has 94 valence electrons. The number of halogens is 2. The van der Waals surface area contributed by atoms with Gasteiger partial charge in [0.15, 0.2) is 11.6 Å². The van der Waals surface area contributed by atoms with Crippen molar-refractivity contribution in [2.75, 3.05) is 0 Å². The van der Waals surface area contributed by atoms with Crippen molar-refractivity contribution in [3.05, 3.63) is 59.7 Å². The van der Waals surface area contributed by atoms with Crippen LogP contribution < -0.4 is 4.74 Å². The predicted octanol–water partition coefficient (Wildman–Crippen LogP) is 3.81. The van der Waals surface area contributed by atoms with Gasteiger partial charge in [-0.05, 0) is 25.1 Å². The van der Waals surface area contributed by atoms with Crippen LogP contribution in [0, 0.1) is 11.6 Å². The van der Waals surface area contributed by atoms with Crippen LogP contribution in [0.4, 0.5) is 8.78 Å². The normalized spacial score (nSPS) is 12.2. The van der Waals surface area contributed by atoms with Crippen LogP contribution in [0.15, 0.2) is 42.5 Å². The highest BCUT2D eigenvalue weighted by Gasteiger charge is 2.10. The fraction of sp³-hybridized carbons (Fsp3) is 0.143. The highest BCUT2D eigenvalue weighted by molar-refractivity contribution is 5.39. The summed E-state index contributed by atoms with van der Waals surface area (Å²) in [5, 5.41) is 9.57. The summed E-state index contributed by atoms with van der Waals surface area (Å²) in [6.07, 6.45) is -0.702. The molecule has 0 heterocycles. The van der Waals surface area contributed by atoms with Gasteiger partial charge in [0.1, 0.15) is 11.5 Å². The van der Waals surface area contributed by atoms with Crippen LogP contribution in [0.2, 0.25) is 0 Å². The fourth-order valence-corrected chi connectivity index (χ4v) is 1.59. The minimum Gasteiger partial charge on any atom is -0.457 e. The van der Waals surface area contributed by atoms with Gasteiger partial charge in [-0.3, -0.25) is 0 Å². The molecule has 1 atom stereocenters. The maximum atomic E-state index is 13.0. The van der Waals surface area contributed by atoms with Crippen molar-refractivity contribution in [3.63, 3.8) is 0 Å². The molecule has 0 fully saturated rings. The molecule has 0 spiro atoms. The second kappa shape index (κ2) is 5.14. The van der Waals surface area contributed by atoms with E-state index < -0.39 is 17.7 Å². The van der Waals surface area contributed by atoms with Crippen LogP contribution >= 0.6 is 0 Å². The van der Waals surface area contributed by atoms with E-state index in [1.165, 1.54) is 6.07 Å². The number of ether oxygens (including phenoxy) is 1. The molecule has 18 heavy (non-hydrogen) atoms. The SMILES string of the molecule is C[C@@H](O)c1ccccc1Oc1ccc(F)c(F)c1. The van der Waals surface area contributed by atoms with Crippen molar-refractivity contribution in [2.24, 2.45) is 0 Å². The molecule has 0 aliphatic heterocycles. The predicted molar refractivity (Wildman–Crippen MR) is 63.5 cm³/mol. The van der Waals surface area contributed by atoms with Crippen LogP contribution in [0.3, 0.4) is 0 Å². The molecule has 0 aromatic heterocycles. The summed E-state index contributed by atoms with van der Waals surface area (Å²) in [4.78, 5) is 0. The third kappa shape index (κ3) is 2.65. The average molecular weight is 250 g/mol. The Morgan fingerprint density at radius 3 is 2.44 bits per heavy atom. The molecule has 0 amide bonds. The fourth-order valence-electron chi connectivity index (χ4n) is 1.59. The van der Waals surface area contributed by atoms with Crippen LogP contribution in [-0.4, -0.2) is 5.11 Å². The van der Waals surface area contributed by atoms with Crippen LogP contribution in [0.25, 0.3) is 0 Å². The Morgan fingerprint density at radius 2 is 1.78 bits per heavy atom. The zero-order chi connectivity index (χ0) is 13.1. The Morgan fingerprint density at radius 1 is 1.06 bits per heavy atom. The molecule has 2 nitrogen and oxygen atoms in total. The molecular formula is C14H12F2O2. The van der Waals surface area contributed by atoms with Gasteiger partial charge in [0.25, 0.3) is 0 Å². The summed E-state index contributed by atoms with van der Waals surface area (Å²) >= 11 is 0. The maximum absolute atomic E-state index is 13.0. The van der Waals surface area contributed by atoms with Gasteiger partial charge in [-0.1, -0.05) is 18.2 Å². The van der Waals surface area contributed by atoms with Crippen molar-refractivity contribution < 1.29 is 18.6 Å². The first-order valence-electron chi connectivity index (χ1n) is 5.48. The van der Waals surface area contributed by atoms with Gasteiger partial charge >= 0.3 is 0 Å². The van der Waals surface area contributed by atoms with Crippen molar-refractivity contribution >= 4 is 0 Å². The largest absolute Gasteiger partial charge is 0.457 e. The van der Waals surface area contributed by atoms with Crippen molar-refractivity contribution in [2.45, 2.75) is 13.0 Å². The van der Waals surface area contributed by atoms with Crippen molar-refractivity contribution in [3.8, 4) is 11.5 Å². The van der Waals surface area contributed by atoms with Crippen LogP contribution in [-0.2, 0) is 0 Å². The number of aliphatic hydroxyl groups excluding tert-OH is 1. The molecule has 0 saturated carbocycles. The van der Waals surface area contributed by atoms with Gasteiger partial charge in [-0.25, -0.2) is 8.78 Å². The standard InChI is InChI=1S/C14H12F2O2/c1-9(17)11-4-2-3-5-14(11)18-10-6-7-12(15)13(16)8-10/h2-9,17H,1H3/t9-/m1/s1. The minimum absolute atomic E-state index is 0.182. The smallest absolute Gasteiger partial charge is 0.162 e. The molecule has 0 radical (unpaired) electrons. The summed E-state index contributed by atoms with van der Waals surface area (Å²) in [6, 6.07) is 10.2. The van der Waals surface area contributed by atoms with Crippen molar-refractivity contribution in [1.29, 1.82) is 0 Å².